The lowest BCUT2D eigenvalue weighted by Crippen LogP contribution is -2.43. The van der Waals surface area contributed by atoms with E-state index in [0.29, 0.717) is 17.9 Å². The highest BCUT2D eigenvalue weighted by Crippen LogP contribution is 2.49. The highest BCUT2D eigenvalue weighted by molar-refractivity contribution is 5.54. The molecule has 0 spiro atoms. The summed E-state index contributed by atoms with van der Waals surface area (Å²) in [4.78, 5) is 0. The maximum Gasteiger partial charge on any atom is 0.160 e. The van der Waals surface area contributed by atoms with Crippen molar-refractivity contribution in [3.8, 4) is 23.0 Å². The minimum Gasteiger partial charge on any atom is -0.504 e. The van der Waals surface area contributed by atoms with Crippen molar-refractivity contribution >= 4 is 0 Å². The summed E-state index contributed by atoms with van der Waals surface area (Å²) in [7, 11) is 3.01. The monoisotopic (exact) mass is 344 g/mol. The fourth-order valence-corrected chi connectivity index (χ4v) is 3.76. The molecule has 5 nitrogen and oxygen atoms in total. The topological polar surface area (TPSA) is 79.2 Å². The van der Waals surface area contributed by atoms with Gasteiger partial charge in [-0.3, -0.25) is 0 Å². The van der Waals surface area contributed by atoms with E-state index in [1.807, 2.05) is 19.9 Å². The molecule has 2 aromatic carbocycles. The molecule has 3 atom stereocenters. The van der Waals surface area contributed by atoms with Crippen molar-refractivity contribution in [1.29, 1.82) is 0 Å². The Morgan fingerprint density at radius 3 is 2.28 bits per heavy atom. The molecule has 0 aliphatic heterocycles. The van der Waals surface area contributed by atoms with E-state index in [2.05, 4.69) is 0 Å². The van der Waals surface area contributed by atoms with Gasteiger partial charge in [-0.05, 0) is 53.8 Å². The number of phenolic OH excluding ortho intramolecular Hbond substituents is 2. The molecule has 0 amide bonds. The predicted molar refractivity (Wildman–Crippen MR) is 94.7 cm³/mol. The molecule has 2 aromatic rings. The molecule has 3 rings (SSSR count). The number of aliphatic hydroxyl groups is 1. The molecule has 0 bridgehead atoms. The smallest absolute Gasteiger partial charge is 0.160 e. The van der Waals surface area contributed by atoms with E-state index in [0.717, 1.165) is 16.7 Å². The van der Waals surface area contributed by atoms with E-state index in [4.69, 9.17) is 9.47 Å². The molecule has 25 heavy (non-hydrogen) atoms. The highest BCUT2D eigenvalue weighted by Gasteiger charge is 2.42. The van der Waals surface area contributed by atoms with E-state index < -0.39 is 5.60 Å². The van der Waals surface area contributed by atoms with E-state index >= 15 is 0 Å². The van der Waals surface area contributed by atoms with Crippen molar-refractivity contribution in [2.45, 2.75) is 31.8 Å². The van der Waals surface area contributed by atoms with Gasteiger partial charge >= 0.3 is 0 Å². The van der Waals surface area contributed by atoms with Crippen molar-refractivity contribution < 1.29 is 24.8 Å². The summed E-state index contributed by atoms with van der Waals surface area (Å²) in [5.41, 5.74) is 1.89. The van der Waals surface area contributed by atoms with Crippen LogP contribution in [0.5, 0.6) is 23.0 Å². The molecule has 3 N–H and O–H groups in total. The first-order chi connectivity index (χ1) is 11.8. The maximum absolute atomic E-state index is 11.0. The lowest BCUT2D eigenvalue weighted by atomic mass is 9.65. The summed E-state index contributed by atoms with van der Waals surface area (Å²) in [6.07, 6.45) is 0.478. The van der Waals surface area contributed by atoms with Gasteiger partial charge in [0.1, 0.15) is 0 Å². The molecule has 1 aliphatic rings. The standard InChI is InChI=1S/C20H24O5/c1-11-19(12-5-6-15(21)17(7-12)24-3)14-9-16(22)18(25-4)8-13(14)10-20(11,2)23/h5-9,11,19,21-23H,10H2,1-4H3. The lowest BCUT2D eigenvalue weighted by molar-refractivity contribution is -0.00739. The van der Waals surface area contributed by atoms with Gasteiger partial charge < -0.3 is 24.8 Å². The lowest BCUT2D eigenvalue weighted by Gasteiger charge is -2.42. The summed E-state index contributed by atoms with van der Waals surface area (Å²) in [6.45, 7) is 3.82. The third-order valence-corrected chi connectivity index (χ3v) is 5.37. The van der Waals surface area contributed by atoms with Gasteiger partial charge in [0.15, 0.2) is 23.0 Å². The van der Waals surface area contributed by atoms with Crippen LogP contribution in [0.2, 0.25) is 0 Å². The molecule has 0 saturated carbocycles. The molecule has 0 heterocycles. The number of methoxy groups -OCH3 is 2. The van der Waals surface area contributed by atoms with Crippen molar-refractivity contribution in [2.75, 3.05) is 14.2 Å². The van der Waals surface area contributed by atoms with Gasteiger partial charge in [-0.25, -0.2) is 0 Å². The fraction of sp³-hybridized carbons (Fsp3) is 0.400. The van der Waals surface area contributed by atoms with Crippen LogP contribution in [-0.2, 0) is 6.42 Å². The Labute approximate surface area is 147 Å². The largest absolute Gasteiger partial charge is 0.504 e. The quantitative estimate of drug-likeness (QED) is 0.797. The van der Waals surface area contributed by atoms with Crippen LogP contribution in [0.4, 0.5) is 0 Å². The zero-order valence-corrected chi connectivity index (χ0v) is 14.9. The molecular formula is C20H24O5. The summed E-state index contributed by atoms with van der Waals surface area (Å²) >= 11 is 0. The number of fused-ring (bicyclic) bond motifs is 1. The normalized spacial score (nSPS) is 25.3. The molecular weight excluding hydrogens is 320 g/mol. The Morgan fingerprint density at radius 2 is 1.64 bits per heavy atom. The minimum absolute atomic E-state index is 0.0688. The van der Waals surface area contributed by atoms with Crippen molar-refractivity contribution in [1.82, 2.24) is 0 Å². The average Bonchev–Trinajstić information content (AvgIpc) is 2.57. The van der Waals surface area contributed by atoms with Gasteiger partial charge in [-0.2, -0.15) is 0 Å². The van der Waals surface area contributed by atoms with Crippen molar-refractivity contribution in [2.24, 2.45) is 5.92 Å². The van der Waals surface area contributed by atoms with Crippen LogP contribution in [-0.4, -0.2) is 35.1 Å². The van der Waals surface area contributed by atoms with Gasteiger partial charge in [0.05, 0.1) is 19.8 Å². The van der Waals surface area contributed by atoms with Crippen LogP contribution in [0.25, 0.3) is 0 Å². The molecule has 5 heteroatoms. The molecule has 134 valence electrons. The fourth-order valence-electron chi connectivity index (χ4n) is 3.76. The maximum atomic E-state index is 11.0. The number of hydrogen-bond donors (Lipinski definition) is 3. The van der Waals surface area contributed by atoms with Gasteiger partial charge in [0.25, 0.3) is 0 Å². The Bertz CT molecular complexity index is 797. The Kier molecular flexibility index (Phi) is 4.29. The second-order valence-corrected chi connectivity index (χ2v) is 6.95. The van der Waals surface area contributed by atoms with E-state index in [1.165, 1.54) is 14.2 Å². The first-order valence-corrected chi connectivity index (χ1v) is 8.27. The second kappa shape index (κ2) is 6.15. The molecule has 0 saturated heterocycles. The Morgan fingerprint density at radius 1 is 1.00 bits per heavy atom. The van der Waals surface area contributed by atoms with Crippen LogP contribution in [0.3, 0.4) is 0 Å². The van der Waals surface area contributed by atoms with Crippen LogP contribution in [0.15, 0.2) is 30.3 Å². The minimum atomic E-state index is -0.912. The summed E-state index contributed by atoms with van der Waals surface area (Å²) < 4.78 is 10.4. The van der Waals surface area contributed by atoms with Gasteiger partial charge in [0, 0.05) is 12.3 Å². The second-order valence-electron chi connectivity index (χ2n) is 6.95. The highest BCUT2D eigenvalue weighted by atomic mass is 16.5. The molecule has 3 unspecified atom stereocenters. The molecule has 0 fully saturated rings. The number of phenols is 2. The Balaban J connectivity index is 2.20. The third-order valence-electron chi connectivity index (χ3n) is 5.37. The van der Waals surface area contributed by atoms with E-state index in [-0.39, 0.29) is 23.3 Å². The van der Waals surface area contributed by atoms with E-state index in [1.54, 1.807) is 24.3 Å². The van der Waals surface area contributed by atoms with Crippen LogP contribution in [0.1, 0.15) is 36.5 Å². The van der Waals surface area contributed by atoms with Crippen molar-refractivity contribution in [3.63, 3.8) is 0 Å². The molecule has 1 aliphatic carbocycles. The van der Waals surface area contributed by atoms with Crippen LogP contribution < -0.4 is 9.47 Å². The van der Waals surface area contributed by atoms with Crippen LogP contribution >= 0.6 is 0 Å². The third kappa shape index (κ3) is 2.89. The molecule has 0 radical (unpaired) electrons. The first-order valence-electron chi connectivity index (χ1n) is 8.27. The zero-order chi connectivity index (χ0) is 18.4. The summed E-state index contributed by atoms with van der Waals surface area (Å²) in [5, 5.41) is 31.1. The van der Waals surface area contributed by atoms with Gasteiger partial charge in [-0.1, -0.05) is 13.0 Å². The number of ether oxygens (including phenoxy) is 2. The van der Waals surface area contributed by atoms with Gasteiger partial charge in [0.2, 0.25) is 0 Å². The van der Waals surface area contributed by atoms with E-state index in [9.17, 15) is 15.3 Å². The predicted octanol–water partition coefficient (Wildman–Crippen LogP) is 3.19. The SMILES string of the molecule is COc1cc(C2c3cc(O)c(OC)cc3CC(C)(O)C2C)ccc1O. The number of aromatic hydroxyl groups is 2. The zero-order valence-electron chi connectivity index (χ0n) is 14.9. The number of benzene rings is 2. The summed E-state index contributed by atoms with van der Waals surface area (Å²) in [5.74, 6) is 0.678. The number of hydrogen-bond acceptors (Lipinski definition) is 5. The molecule has 0 aromatic heterocycles. The Hall–Kier alpha value is -2.40. The summed E-state index contributed by atoms with van der Waals surface area (Å²) in [6, 6.07) is 8.70. The first kappa shape index (κ1) is 17.4. The van der Waals surface area contributed by atoms with Crippen molar-refractivity contribution in [3.05, 3.63) is 47.0 Å². The number of rotatable bonds is 3. The van der Waals surface area contributed by atoms with Gasteiger partial charge in [-0.15, -0.1) is 0 Å². The van der Waals surface area contributed by atoms with Crippen LogP contribution in [0, 0.1) is 5.92 Å². The average molecular weight is 344 g/mol.